The molecule has 0 radical (unpaired) electrons. The Labute approximate surface area is 216 Å². The second-order valence-electron chi connectivity index (χ2n) is 9.04. The van der Waals surface area contributed by atoms with E-state index in [0.29, 0.717) is 21.4 Å². The van der Waals surface area contributed by atoms with Crippen LogP contribution in [-0.4, -0.2) is 29.6 Å². The van der Waals surface area contributed by atoms with Crippen molar-refractivity contribution in [3.05, 3.63) is 58.6 Å². The molecule has 0 bridgehead atoms. The second-order valence-corrected chi connectivity index (χ2v) is 10.7. The number of carbonyl (C=O) groups excluding carboxylic acids is 2. The lowest BCUT2D eigenvalue weighted by atomic mass is 10.2. The predicted molar refractivity (Wildman–Crippen MR) is 144 cm³/mol. The van der Waals surface area contributed by atoms with E-state index < -0.39 is 23.4 Å². The molecule has 2 N–H and O–H groups in total. The minimum Gasteiger partial charge on any atom is -0.444 e. The molecule has 2 aromatic rings. The van der Waals surface area contributed by atoms with Crippen molar-refractivity contribution in [1.82, 2.24) is 0 Å². The number of anilines is 2. The van der Waals surface area contributed by atoms with Crippen molar-refractivity contribution >= 4 is 64.6 Å². The fourth-order valence-electron chi connectivity index (χ4n) is 2.36. The Morgan fingerprint density at radius 2 is 1.29 bits per heavy atom. The molecule has 2 aromatic carbocycles. The van der Waals surface area contributed by atoms with E-state index in [-0.39, 0.29) is 0 Å². The number of carbonyl (C=O) groups is 2. The van der Waals surface area contributed by atoms with Crippen LogP contribution in [0.2, 0.25) is 10.0 Å². The molecule has 0 aliphatic carbocycles. The Bertz CT molecular complexity index is 1010. The minimum atomic E-state index is -0.519. The van der Waals surface area contributed by atoms with Crippen molar-refractivity contribution in [2.24, 2.45) is 0 Å². The SMILES string of the molecule is C=Cc1ccc(NC(=O)OC(C)(C)C)cc1Cl.CSc1ccc(NC(=O)OC(C)(C)C)cc1Cl. The highest BCUT2D eigenvalue weighted by Crippen LogP contribution is 2.28. The van der Waals surface area contributed by atoms with E-state index in [1.807, 2.05) is 33.1 Å². The van der Waals surface area contributed by atoms with Gasteiger partial charge in [-0.3, -0.25) is 10.6 Å². The second kappa shape index (κ2) is 12.9. The van der Waals surface area contributed by atoms with Gasteiger partial charge in [0.25, 0.3) is 0 Å². The van der Waals surface area contributed by atoms with Gasteiger partial charge in [0.2, 0.25) is 0 Å². The van der Waals surface area contributed by atoms with E-state index in [1.165, 1.54) is 0 Å². The lowest BCUT2D eigenvalue weighted by Gasteiger charge is -2.19. The summed E-state index contributed by atoms with van der Waals surface area (Å²) in [5.74, 6) is 0. The number of hydrogen-bond acceptors (Lipinski definition) is 5. The van der Waals surface area contributed by atoms with Gasteiger partial charge in [-0.05, 0) is 83.7 Å². The van der Waals surface area contributed by atoms with Gasteiger partial charge >= 0.3 is 12.2 Å². The van der Waals surface area contributed by atoms with Gasteiger partial charge in [-0.25, -0.2) is 9.59 Å². The smallest absolute Gasteiger partial charge is 0.412 e. The van der Waals surface area contributed by atoms with E-state index in [1.54, 1.807) is 68.9 Å². The van der Waals surface area contributed by atoms with Crippen LogP contribution in [-0.2, 0) is 9.47 Å². The number of ether oxygens (including phenoxy) is 2. The fraction of sp³-hybridized carbons (Fsp3) is 0.360. The predicted octanol–water partition coefficient (Wildman–Crippen LogP) is 8.74. The first-order valence-electron chi connectivity index (χ1n) is 10.4. The number of hydrogen-bond donors (Lipinski definition) is 2. The minimum absolute atomic E-state index is 0.481. The first-order chi connectivity index (χ1) is 15.6. The lowest BCUT2D eigenvalue weighted by Crippen LogP contribution is -2.27. The number of thioether (sulfide) groups is 1. The lowest BCUT2D eigenvalue weighted by molar-refractivity contribution is 0.0624. The molecule has 9 heteroatoms. The van der Waals surface area contributed by atoms with Crippen molar-refractivity contribution < 1.29 is 19.1 Å². The highest BCUT2D eigenvalue weighted by Gasteiger charge is 2.17. The van der Waals surface area contributed by atoms with Crippen LogP contribution < -0.4 is 10.6 Å². The van der Waals surface area contributed by atoms with Crippen LogP contribution in [0.25, 0.3) is 6.08 Å². The first-order valence-corrected chi connectivity index (χ1v) is 12.4. The third-order valence-corrected chi connectivity index (χ3v) is 5.21. The van der Waals surface area contributed by atoms with Gasteiger partial charge in [-0.2, -0.15) is 0 Å². The summed E-state index contributed by atoms with van der Waals surface area (Å²) in [6.45, 7) is 14.5. The summed E-state index contributed by atoms with van der Waals surface area (Å²) in [6, 6.07) is 10.5. The van der Waals surface area contributed by atoms with E-state index in [0.717, 1.165) is 10.5 Å². The van der Waals surface area contributed by atoms with Crippen molar-refractivity contribution in [2.45, 2.75) is 57.6 Å². The van der Waals surface area contributed by atoms with E-state index in [4.69, 9.17) is 32.7 Å². The molecule has 34 heavy (non-hydrogen) atoms. The summed E-state index contributed by atoms with van der Waals surface area (Å²) in [7, 11) is 0. The number of amides is 2. The molecule has 0 saturated heterocycles. The Morgan fingerprint density at radius 3 is 1.65 bits per heavy atom. The summed E-state index contributed by atoms with van der Waals surface area (Å²) in [6.07, 6.45) is 2.62. The molecule has 0 aliphatic heterocycles. The zero-order valence-electron chi connectivity index (χ0n) is 20.5. The molecule has 0 fully saturated rings. The quantitative estimate of drug-likeness (QED) is 0.389. The van der Waals surface area contributed by atoms with Crippen LogP contribution >= 0.6 is 35.0 Å². The average Bonchev–Trinajstić information content (AvgIpc) is 2.65. The normalized spacial score (nSPS) is 11.0. The molecule has 0 aromatic heterocycles. The summed E-state index contributed by atoms with van der Waals surface area (Å²) < 4.78 is 10.3. The topological polar surface area (TPSA) is 76.7 Å². The maximum absolute atomic E-state index is 11.5. The van der Waals surface area contributed by atoms with Gasteiger partial charge in [0.1, 0.15) is 11.2 Å². The molecule has 2 rings (SSSR count). The molecule has 186 valence electrons. The highest BCUT2D eigenvalue weighted by molar-refractivity contribution is 7.98. The van der Waals surface area contributed by atoms with Crippen LogP contribution in [0.4, 0.5) is 21.0 Å². The first kappa shape index (κ1) is 29.7. The average molecular weight is 528 g/mol. The Morgan fingerprint density at radius 1 is 0.853 bits per heavy atom. The maximum atomic E-state index is 11.5. The molecule has 0 atom stereocenters. The zero-order valence-corrected chi connectivity index (χ0v) is 22.9. The van der Waals surface area contributed by atoms with E-state index in [9.17, 15) is 9.59 Å². The number of rotatable bonds is 4. The molecular weight excluding hydrogens is 495 g/mol. The van der Waals surface area contributed by atoms with Gasteiger partial charge in [0, 0.05) is 21.3 Å². The van der Waals surface area contributed by atoms with Gasteiger partial charge in [-0.1, -0.05) is 41.9 Å². The van der Waals surface area contributed by atoms with E-state index in [2.05, 4.69) is 17.2 Å². The molecule has 0 saturated carbocycles. The standard InChI is InChI=1S/C13H16ClNO2.C12H16ClNO2S/c1-5-9-6-7-10(8-11(9)14)15-12(16)17-13(2,3)4;1-12(2,3)16-11(15)14-8-5-6-10(17-4)9(13)7-8/h5-8H,1H2,2-4H3,(H,15,16);5-7H,1-4H3,(H,14,15). The van der Waals surface area contributed by atoms with Crippen LogP contribution in [0.3, 0.4) is 0 Å². The van der Waals surface area contributed by atoms with Crippen LogP contribution in [0.5, 0.6) is 0 Å². The maximum Gasteiger partial charge on any atom is 0.412 e. The highest BCUT2D eigenvalue weighted by atomic mass is 35.5. The van der Waals surface area contributed by atoms with Crippen LogP contribution in [0, 0.1) is 0 Å². The number of halogens is 2. The molecule has 0 unspecified atom stereocenters. The van der Waals surface area contributed by atoms with Gasteiger partial charge < -0.3 is 9.47 Å². The summed E-state index contributed by atoms with van der Waals surface area (Å²) >= 11 is 13.6. The van der Waals surface area contributed by atoms with E-state index >= 15 is 0 Å². The van der Waals surface area contributed by atoms with Gasteiger partial charge in [0.15, 0.2) is 0 Å². The molecule has 2 amide bonds. The third kappa shape index (κ3) is 11.7. The van der Waals surface area contributed by atoms with Crippen molar-refractivity contribution in [3.8, 4) is 0 Å². The Kier molecular flexibility index (Phi) is 11.3. The largest absolute Gasteiger partial charge is 0.444 e. The molecule has 0 spiro atoms. The van der Waals surface area contributed by atoms with Crippen LogP contribution in [0.1, 0.15) is 47.1 Å². The molecular formula is C25H32Cl2N2O4S. The van der Waals surface area contributed by atoms with Crippen molar-refractivity contribution in [3.63, 3.8) is 0 Å². The zero-order chi connectivity index (χ0) is 26.1. The van der Waals surface area contributed by atoms with Gasteiger partial charge in [-0.15, -0.1) is 11.8 Å². The number of nitrogens with one attached hydrogen (secondary N) is 2. The summed E-state index contributed by atoms with van der Waals surface area (Å²) in [4.78, 5) is 24.0. The monoisotopic (exact) mass is 526 g/mol. The number of benzene rings is 2. The Balaban J connectivity index is 0.000000340. The van der Waals surface area contributed by atoms with Crippen molar-refractivity contribution in [1.29, 1.82) is 0 Å². The fourth-order valence-corrected chi connectivity index (χ4v) is 3.49. The third-order valence-electron chi connectivity index (χ3n) is 3.66. The van der Waals surface area contributed by atoms with Gasteiger partial charge in [0.05, 0.1) is 5.02 Å². The molecule has 0 aliphatic rings. The molecule has 0 heterocycles. The molecule has 6 nitrogen and oxygen atoms in total. The van der Waals surface area contributed by atoms with Crippen molar-refractivity contribution in [2.75, 3.05) is 16.9 Å². The van der Waals surface area contributed by atoms with Crippen LogP contribution in [0.15, 0.2) is 47.9 Å². The Hall–Kier alpha value is -2.35. The summed E-state index contributed by atoms with van der Waals surface area (Å²) in [5.41, 5.74) is 1.01. The summed E-state index contributed by atoms with van der Waals surface area (Å²) in [5, 5.41) is 6.40.